The predicted octanol–water partition coefficient (Wildman–Crippen LogP) is 2.68. The fourth-order valence-corrected chi connectivity index (χ4v) is 2.92. The maximum absolute atomic E-state index is 5.44. The van der Waals surface area contributed by atoms with Crippen LogP contribution in [0, 0.1) is 0 Å². The van der Waals surface area contributed by atoms with Crippen LogP contribution in [0.3, 0.4) is 0 Å². The molecule has 0 N–H and O–H groups in total. The van der Waals surface area contributed by atoms with Gasteiger partial charge in [0.05, 0.1) is 7.11 Å². The van der Waals surface area contributed by atoms with Gasteiger partial charge in [0.1, 0.15) is 5.75 Å². The molecule has 0 bridgehead atoms. The van der Waals surface area contributed by atoms with Crippen LogP contribution in [0.5, 0.6) is 5.75 Å². The molecule has 16 heavy (non-hydrogen) atoms. The first-order valence-electron chi connectivity index (χ1n) is 5.97. The van der Waals surface area contributed by atoms with Crippen LogP contribution in [0.2, 0.25) is 0 Å². The Morgan fingerprint density at radius 3 is 2.69 bits per heavy atom. The molecule has 2 nitrogen and oxygen atoms in total. The third kappa shape index (κ3) is 1.82. The van der Waals surface area contributed by atoms with Crippen molar-refractivity contribution in [2.24, 2.45) is 0 Å². The third-order valence-electron chi connectivity index (χ3n) is 3.81. The average molecular weight is 219 g/mol. The van der Waals surface area contributed by atoms with E-state index in [0.29, 0.717) is 12.0 Å². The van der Waals surface area contributed by atoms with Crippen LogP contribution < -0.4 is 4.74 Å². The largest absolute Gasteiger partial charge is 0.496 e. The van der Waals surface area contributed by atoms with Gasteiger partial charge in [-0.2, -0.15) is 0 Å². The zero-order valence-electron chi connectivity index (χ0n) is 10.7. The van der Waals surface area contributed by atoms with Crippen molar-refractivity contribution < 1.29 is 4.74 Å². The number of ether oxygens (including phenoxy) is 1. The van der Waals surface area contributed by atoms with Gasteiger partial charge in [0.2, 0.25) is 0 Å². The molecule has 0 heterocycles. The Labute approximate surface area is 98.2 Å². The Morgan fingerprint density at radius 1 is 1.31 bits per heavy atom. The lowest BCUT2D eigenvalue weighted by molar-refractivity contribution is 0.235. The smallest absolute Gasteiger partial charge is 0.122 e. The van der Waals surface area contributed by atoms with Crippen LogP contribution >= 0.6 is 0 Å². The van der Waals surface area contributed by atoms with Crippen LogP contribution in [0.25, 0.3) is 0 Å². The van der Waals surface area contributed by atoms with Gasteiger partial charge < -0.3 is 9.64 Å². The van der Waals surface area contributed by atoms with E-state index in [-0.39, 0.29) is 0 Å². The van der Waals surface area contributed by atoms with E-state index in [1.54, 1.807) is 7.11 Å². The van der Waals surface area contributed by atoms with E-state index in [0.717, 1.165) is 12.2 Å². The second-order valence-electron chi connectivity index (χ2n) is 4.89. The zero-order chi connectivity index (χ0) is 11.7. The highest BCUT2D eigenvalue weighted by Crippen LogP contribution is 2.37. The van der Waals surface area contributed by atoms with Gasteiger partial charge in [-0.25, -0.2) is 0 Å². The van der Waals surface area contributed by atoms with E-state index in [1.807, 2.05) is 0 Å². The van der Waals surface area contributed by atoms with Gasteiger partial charge in [0, 0.05) is 6.04 Å². The van der Waals surface area contributed by atoms with E-state index < -0.39 is 0 Å². The standard InChI is InChI=1S/C14H21NO/c1-10-11-6-5-7-14(16-4)12(11)8-9-13(10)15(2)3/h5-7,10,13H,8-9H2,1-4H3. The van der Waals surface area contributed by atoms with E-state index in [4.69, 9.17) is 4.74 Å². The first kappa shape index (κ1) is 11.5. The van der Waals surface area contributed by atoms with E-state index >= 15 is 0 Å². The molecular weight excluding hydrogens is 198 g/mol. The minimum Gasteiger partial charge on any atom is -0.496 e. The van der Waals surface area contributed by atoms with E-state index in [2.05, 4.69) is 44.1 Å². The molecular formula is C14H21NO. The van der Waals surface area contributed by atoms with Gasteiger partial charge in [0.15, 0.2) is 0 Å². The number of methoxy groups -OCH3 is 1. The first-order valence-corrected chi connectivity index (χ1v) is 5.97. The molecule has 0 radical (unpaired) electrons. The van der Waals surface area contributed by atoms with E-state index in [9.17, 15) is 0 Å². The van der Waals surface area contributed by atoms with Crippen molar-refractivity contribution >= 4 is 0 Å². The van der Waals surface area contributed by atoms with Crippen LogP contribution in [0.1, 0.15) is 30.4 Å². The Balaban J connectivity index is 2.38. The lowest BCUT2D eigenvalue weighted by Crippen LogP contribution is -2.36. The highest BCUT2D eigenvalue weighted by Gasteiger charge is 2.28. The van der Waals surface area contributed by atoms with E-state index in [1.165, 1.54) is 17.5 Å². The van der Waals surface area contributed by atoms with Gasteiger partial charge in [0.25, 0.3) is 0 Å². The van der Waals surface area contributed by atoms with Gasteiger partial charge in [-0.15, -0.1) is 0 Å². The number of likely N-dealkylation sites (N-methyl/N-ethyl adjacent to an activating group) is 1. The Hall–Kier alpha value is -1.02. The number of hydrogen-bond donors (Lipinski definition) is 0. The summed E-state index contributed by atoms with van der Waals surface area (Å²) in [6.07, 6.45) is 2.36. The fraction of sp³-hybridized carbons (Fsp3) is 0.571. The molecule has 0 amide bonds. The first-order chi connectivity index (χ1) is 7.65. The molecule has 2 unspecified atom stereocenters. The van der Waals surface area contributed by atoms with Crippen LogP contribution in [-0.4, -0.2) is 32.1 Å². The summed E-state index contributed by atoms with van der Waals surface area (Å²) < 4.78 is 5.44. The molecule has 0 aromatic heterocycles. The van der Waals surface area contributed by atoms with Crippen molar-refractivity contribution in [3.63, 3.8) is 0 Å². The lowest BCUT2D eigenvalue weighted by atomic mass is 9.79. The molecule has 0 saturated carbocycles. The highest BCUT2D eigenvalue weighted by molar-refractivity contribution is 5.44. The average Bonchev–Trinajstić information content (AvgIpc) is 2.28. The maximum Gasteiger partial charge on any atom is 0.122 e. The summed E-state index contributed by atoms with van der Waals surface area (Å²) in [5.74, 6) is 1.65. The van der Waals surface area contributed by atoms with Crippen molar-refractivity contribution in [3.05, 3.63) is 29.3 Å². The zero-order valence-corrected chi connectivity index (χ0v) is 10.7. The molecule has 1 aliphatic carbocycles. The predicted molar refractivity (Wildman–Crippen MR) is 67.2 cm³/mol. The summed E-state index contributed by atoms with van der Waals surface area (Å²) >= 11 is 0. The summed E-state index contributed by atoms with van der Waals surface area (Å²) in [6.45, 7) is 2.32. The van der Waals surface area contributed by atoms with Crippen LogP contribution in [0.4, 0.5) is 0 Å². The molecule has 0 saturated heterocycles. The van der Waals surface area contributed by atoms with Crippen molar-refractivity contribution in [1.82, 2.24) is 4.90 Å². The van der Waals surface area contributed by atoms with Gasteiger partial charge >= 0.3 is 0 Å². The van der Waals surface area contributed by atoms with Crippen LogP contribution in [0.15, 0.2) is 18.2 Å². The molecule has 1 aromatic carbocycles. The quantitative estimate of drug-likeness (QED) is 0.758. The summed E-state index contributed by atoms with van der Waals surface area (Å²) in [5.41, 5.74) is 2.87. The second-order valence-corrected chi connectivity index (χ2v) is 4.89. The summed E-state index contributed by atoms with van der Waals surface area (Å²) in [4.78, 5) is 2.34. The Kier molecular flexibility index (Phi) is 3.20. The fourth-order valence-electron chi connectivity index (χ4n) is 2.92. The van der Waals surface area contributed by atoms with Crippen molar-refractivity contribution in [1.29, 1.82) is 0 Å². The number of hydrogen-bond acceptors (Lipinski definition) is 2. The molecule has 0 fully saturated rings. The molecule has 0 aliphatic heterocycles. The van der Waals surface area contributed by atoms with Gasteiger partial charge in [-0.1, -0.05) is 19.1 Å². The number of fused-ring (bicyclic) bond motifs is 1. The second kappa shape index (κ2) is 4.46. The number of nitrogens with zero attached hydrogens (tertiary/aromatic N) is 1. The Morgan fingerprint density at radius 2 is 2.06 bits per heavy atom. The Bertz CT molecular complexity index is 373. The summed E-state index contributed by atoms with van der Waals surface area (Å²) in [6, 6.07) is 7.07. The normalized spacial score (nSPS) is 24.3. The van der Waals surface area contributed by atoms with Crippen molar-refractivity contribution in [2.45, 2.75) is 31.7 Å². The molecule has 1 aliphatic rings. The topological polar surface area (TPSA) is 12.5 Å². The minimum absolute atomic E-state index is 0.592. The molecule has 2 rings (SSSR count). The van der Waals surface area contributed by atoms with Crippen LogP contribution in [-0.2, 0) is 6.42 Å². The SMILES string of the molecule is COc1cccc2c1CCC(N(C)C)C2C. The minimum atomic E-state index is 0.592. The molecule has 0 spiro atoms. The van der Waals surface area contributed by atoms with Gasteiger partial charge in [-0.05, 0) is 50.0 Å². The van der Waals surface area contributed by atoms with Gasteiger partial charge in [-0.3, -0.25) is 0 Å². The van der Waals surface area contributed by atoms with Crippen molar-refractivity contribution in [3.8, 4) is 5.75 Å². The maximum atomic E-state index is 5.44. The molecule has 1 aromatic rings. The lowest BCUT2D eigenvalue weighted by Gasteiger charge is -2.36. The molecule has 88 valence electrons. The monoisotopic (exact) mass is 219 g/mol. The third-order valence-corrected chi connectivity index (χ3v) is 3.81. The molecule has 2 atom stereocenters. The molecule has 2 heteroatoms. The summed E-state index contributed by atoms with van der Waals surface area (Å²) in [5, 5.41) is 0. The van der Waals surface area contributed by atoms with Crippen molar-refractivity contribution in [2.75, 3.05) is 21.2 Å². The summed E-state index contributed by atoms with van der Waals surface area (Å²) in [7, 11) is 6.11. The highest BCUT2D eigenvalue weighted by atomic mass is 16.5. The number of rotatable bonds is 2. The number of benzene rings is 1.